The van der Waals surface area contributed by atoms with Gasteiger partial charge in [0.15, 0.2) is 0 Å². The Labute approximate surface area is 342 Å². The Hall–Kier alpha value is -1.14. The molecule has 0 aromatic rings. The van der Waals surface area contributed by atoms with Crippen LogP contribution in [0.15, 0.2) is 0 Å². The minimum Gasteiger partial charge on any atom is -0.465 e. The lowest BCUT2D eigenvalue weighted by molar-refractivity contribution is -0.150. The number of nitrogens with zero attached hydrogens (tertiary/aromatic N) is 1. The SMILES string of the molecule is CCCCCCCCC(CCCCCC)C(=O)OCCCCC1(CCCCOC(=O)C(CCCCCC)CCCCCCCC)CCCN(CCCCO)C1. The molecule has 0 saturated carbocycles. The van der Waals surface area contributed by atoms with E-state index >= 15 is 0 Å². The molecule has 0 amide bonds. The molecule has 1 heterocycles. The number of carbonyl (C=O) groups is 2. The quantitative estimate of drug-likeness (QED) is 0.0493. The standard InChI is InChI=1S/C49H95NO5/c1-5-9-13-17-19-23-34-45(32-21-15-11-7-3)47(52)54-42-29-25-36-49(38-31-40-50(44-49)39-27-28-41-51)37-26-30-43-55-48(53)46(33-22-16-12-8-4)35-24-20-18-14-10-6-2/h45-46,51H,5-44H2,1-4H3. The highest BCUT2D eigenvalue weighted by atomic mass is 16.5. The molecule has 0 aromatic carbocycles. The maximum absolute atomic E-state index is 13.3. The molecular weight excluding hydrogens is 683 g/mol. The third-order valence-corrected chi connectivity index (χ3v) is 12.6. The average molecular weight is 778 g/mol. The van der Waals surface area contributed by atoms with Crippen molar-refractivity contribution < 1.29 is 24.2 Å². The van der Waals surface area contributed by atoms with Crippen LogP contribution in [0.3, 0.4) is 0 Å². The third-order valence-electron chi connectivity index (χ3n) is 12.6. The zero-order valence-electron chi connectivity index (χ0n) is 37.5. The van der Waals surface area contributed by atoms with Crippen molar-refractivity contribution in [2.75, 3.05) is 39.5 Å². The molecule has 1 rings (SSSR count). The summed E-state index contributed by atoms with van der Waals surface area (Å²) in [6.07, 6.45) is 39.5. The van der Waals surface area contributed by atoms with E-state index in [0.29, 0.717) is 13.2 Å². The Balaban J connectivity index is 2.65. The van der Waals surface area contributed by atoms with Gasteiger partial charge in [-0.05, 0) is 108 Å². The molecule has 6 heteroatoms. The number of hydrogen-bond donors (Lipinski definition) is 1. The van der Waals surface area contributed by atoms with Gasteiger partial charge in [-0.25, -0.2) is 0 Å². The molecule has 2 atom stereocenters. The summed E-state index contributed by atoms with van der Waals surface area (Å²) in [6.45, 7) is 13.7. The number of rotatable bonds is 40. The van der Waals surface area contributed by atoms with E-state index in [4.69, 9.17) is 9.47 Å². The second-order valence-electron chi connectivity index (χ2n) is 17.8. The Kier molecular flexibility index (Phi) is 35.0. The number of esters is 2. The van der Waals surface area contributed by atoms with Crippen LogP contribution in [0.5, 0.6) is 0 Å². The maximum Gasteiger partial charge on any atom is 0.308 e. The van der Waals surface area contributed by atoms with Crippen LogP contribution in [0, 0.1) is 17.3 Å². The van der Waals surface area contributed by atoms with Gasteiger partial charge in [0.05, 0.1) is 25.0 Å². The fourth-order valence-corrected chi connectivity index (χ4v) is 9.00. The smallest absolute Gasteiger partial charge is 0.308 e. The molecule has 55 heavy (non-hydrogen) atoms. The van der Waals surface area contributed by atoms with Gasteiger partial charge in [-0.1, -0.05) is 156 Å². The predicted molar refractivity (Wildman–Crippen MR) is 235 cm³/mol. The van der Waals surface area contributed by atoms with Crippen LogP contribution in [0.4, 0.5) is 0 Å². The molecule has 0 spiro atoms. The van der Waals surface area contributed by atoms with Gasteiger partial charge in [-0.3, -0.25) is 9.59 Å². The minimum absolute atomic E-state index is 0.0530. The van der Waals surface area contributed by atoms with Crippen molar-refractivity contribution in [2.24, 2.45) is 17.3 Å². The fourth-order valence-electron chi connectivity index (χ4n) is 9.00. The largest absolute Gasteiger partial charge is 0.465 e. The van der Waals surface area contributed by atoms with Gasteiger partial charge in [0.1, 0.15) is 0 Å². The summed E-state index contributed by atoms with van der Waals surface area (Å²) in [5.74, 6) is 0.247. The van der Waals surface area contributed by atoms with E-state index in [9.17, 15) is 14.7 Å². The minimum atomic E-state index is 0.0530. The van der Waals surface area contributed by atoms with Crippen LogP contribution in [-0.4, -0.2) is 61.4 Å². The van der Waals surface area contributed by atoms with Crippen molar-refractivity contribution in [3.63, 3.8) is 0 Å². The van der Waals surface area contributed by atoms with Gasteiger partial charge in [0.25, 0.3) is 0 Å². The highest BCUT2D eigenvalue weighted by Gasteiger charge is 2.34. The summed E-state index contributed by atoms with van der Waals surface area (Å²) in [5, 5.41) is 9.38. The molecule has 326 valence electrons. The average Bonchev–Trinajstić information content (AvgIpc) is 3.19. The second kappa shape index (κ2) is 37.2. The number of carbonyl (C=O) groups excluding carboxylic acids is 2. The first-order valence-corrected chi connectivity index (χ1v) is 24.6. The van der Waals surface area contributed by atoms with Crippen molar-refractivity contribution in [1.82, 2.24) is 4.90 Å². The molecule has 1 fully saturated rings. The van der Waals surface area contributed by atoms with E-state index < -0.39 is 0 Å². The summed E-state index contributed by atoms with van der Waals surface area (Å²) >= 11 is 0. The van der Waals surface area contributed by atoms with Crippen molar-refractivity contribution in [1.29, 1.82) is 0 Å². The summed E-state index contributed by atoms with van der Waals surface area (Å²) in [5.41, 5.74) is 0.269. The predicted octanol–water partition coefficient (Wildman–Crippen LogP) is 13.9. The first-order chi connectivity index (χ1) is 26.9. The number of likely N-dealkylation sites (tertiary alicyclic amines) is 1. The molecule has 2 unspecified atom stereocenters. The van der Waals surface area contributed by atoms with E-state index in [-0.39, 0.29) is 35.8 Å². The third kappa shape index (κ3) is 28.0. The Bertz CT molecular complexity index is 810. The van der Waals surface area contributed by atoms with Crippen LogP contribution >= 0.6 is 0 Å². The van der Waals surface area contributed by atoms with Crippen molar-refractivity contribution in [3.05, 3.63) is 0 Å². The van der Waals surface area contributed by atoms with E-state index in [2.05, 4.69) is 32.6 Å². The van der Waals surface area contributed by atoms with Crippen LogP contribution in [0.2, 0.25) is 0 Å². The Morgan fingerprint density at radius 1 is 0.527 bits per heavy atom. The van der Waals surface area contributed by atoms with E-state index in [1.165, 1.54) is 116 Å². The molecule has 1 N–H and O–H groups in total. The first-order valence-electron chi connectivity index (χ1n) is 24.6. The van der Waals surface area contributed by atoms with Crippen LogP contribution in [-0.2, 0) is 19.1 Å². The molecule has 1 aliphatic heterocycles. The van der Waals surface area contributed by atoms with Gasteiger partial charge in [-0.2, -0.15) is 0 Å². The number of ether oxygens (including phenoxy) is 2. The zero-order chi connectivity index (χ0) is 40.1. The lowest BCUT2D eigenvalue weighted by Gasteiger charge is -2.43. The molecular formula is C49H95NO5. The van der Waals surface area contributed by atoms with Gasteiger partial charge in [0, 0.05) is 13.2 Å². The molecule has 0 radical (unpaired) electrons. The van der Waals surface area contributed by atoms with E-state index in [1.54, 1.807) is 0 Å². The zero-order valence-corrected chi connectivity index (χ0v) is 37.5. The van der Waals surface area contributed by atoms with Gasteiger partial charge >= 0.3 is 11.9 Å². The highest BCUT2D eigenvalue weighted by Crippen LogP contribution is 2.40. The van der Waals surface area contributed by atoms with E-state index in [0.717, 1.165) is 122 Å². The first kappa shape index (κ1) is 51.9. The second-order valence-corrected chi connectivity index (χ2v) is 17.8. The fraction of sp³-hybridized carbons (Fsp3) is 0.959. The van der Waals surface area contributed by atoms with Crippen LogP contribution in [0.25, 0.3) is 0 Å². The van der Waals surface area contributed by atoms with Crippen molar-refractivity contribution >= 4 is 11.9 Å². The van der Waals surface area contributed by atoms with Gasteiger partial charge in [0.2, 0.25) is 0 Å². The lowest BCUT2D eigenvalue weighted by Crippen LogP contribution is -2.43. The van der Waals surface area contributed by atoms with Gasteiger partial charge in [-0.15, -0.1) is 0 Å². The molecule has 0 bridgehead atoms. The normalized spacial score (nSPS) is 17.3. The number of hydrogen-bond acceptors (Lipinski definition) is 6. The summed E-state index contributed by atoms with van der Waals surface area (Å²) < 4.78 is 12.0. The molecule has 1 saturated heterocycles. The summed E-state index contributed by atoms with van der Waals surface area (Å²) in [7, 11) is 0. The van der Waals surface area contributed by atoms with Crippen LogP contribution < -0.4 is 0 Å². The number of aliphatic hydroxyl groups excluding tert-OH is 1. The molecule has 1 aliphatic rings. The topological polar surface area (TPSA) is 76.1 Å². The Morgan fingerprint density at radius 3 is 1.35 bits per heavy atom. The van der Waals surface area contributed by atoms with Crippen molar-refractivity contribution in [2.45, 2.75) is 246 Å². The lowest BCUT2D eigenvalue weighted by atomic mass is 9.72. The monoisotopic (exact) mass is 778 g/mol. The summed E-state index contributed by atoms with van der Waals surface area (Å²) in [6, 6.07) is 0. The van der Waals surface area contributed by atoms with Gasteiger partial charge < -0.3 is 19.5 Å². The van der Waals surface area contributed by atoms with E-state index in [1.807, 2.05) is 0 Å². The van der Waals surface area contributed by atoms with Crippen molar-refractivity contribution in [3.8, 4) is 0 Å². The maximum atomic E-state index is 13.3. The summed E-state index contributed by atoms with van der Waals surface area (Å²) in [4.78, 5) is 29.2. The highest BCUT2D eigenvalue weighted by molar-refractivity contribution is 5.72. The molecule has 0 aromatic heterocycles. The van der Waals surface area contributed by atoms with Crippen LogP contribution in [0.1, 0.15) is 246 Å². The number of piperidine rings is 1. The molecule has 6 nitrogen and oxygen atoms in total. The molecule has 0 aliphatic carbocycles. The number of unbranched alkanes of at least 4 members (excludes halogenated alkanes) is 19. The number of aliphatic hydroxyl groups is 1. The Morgan fingerprint density at radius 2 is 0.927 bits per heavy atom.